The van der Waals surface area contributed by atoms with Gasteiger partial charge in [-0.15, -0.1) is 11.3 Å². The smallest absolute Gasteiger partial charge is 0.264 e. The Hall–Kier alpha value is -1.77. The molecule has 1 N–H and O–H groups in total. The van der Waals surface area contributed by atoms with Crippen LogP contribution in [0.15, 0.2) is 40.2 Å². The standard InChI is InChI=1S/C18H19BrFN3O2S/c19-16-7-6-15(26-16)18(25)23-9-1-8-22(10-11-23)12-17(24)21-14-4-2-13(20)3-5-14/h2-7H,1,8-12H2,(H,21,24). The average Bonchev–Trinajstić information content (AvgIpc) is 2.92. The van der Waals surface area contributed by atoms with E-state index in [2.05, 4.69) is 21.2 Å². The lowest BCUT2D eigenvalue weighted by atomic mass is 10.3. The van der Waals surface area contributed by atoms with Gasteiger partial charge in [0.1, 0.15) is 5.82 Å². The lowest BCUT2D eigenvalue weighted by molar-refractivity contribution is -0.117. The van der Waals surface area contributed by atoms with Gasteiger partial charge in [-0.05, 0) is 58.7 Å². The van der Waals surface area contributed by atoms with Crippen LogP contribution < -0.4 is 5.32 Å². The minimum atomic E-state index is -0.335. The van der Waals surface area contributed by atoms with E-state index in [1.54, 1.807) is 0 Å². The Labute approximate surface area is 163 Å². The molecule has 0 aliphatic carbocycles. The third-order valence-electron chi connectivity index (χ3n) is 4.15. The van der Waals surface area contributed by atoms with Crippen molar-refractivity contribution in [2.45, 2.75) is 6.42 Å². The van der Waals surface area contributed by atoms with Crippen LogP contribution in [0.25, 0.3) is 0 Å². The van der Waals surface area contributed by atoms with E-state index in [0.29, 0.717) is 25.3 Å². The fourth-order valence-electron chi connectivity index (χ4n) is 2.85. The summed E-state index contributed by atoms with van der Waals surface area (Å²) in [5.41, 5.74) is 0.575. The molecule has 8 heteroatoms. The summed E-state index contributed by atoms with van der Waals surface area (Å²) in [5, 5.41) is 2.77. The molecule has 1 aromatic heterocycles. The van der Waals surface area contributed by atoms with Crippen LogP contribution >= 0.6 is 27.3 Å². The van der Waals surface area contributed by atoms with Gasteiger partial charge in [0.2, 0.25) is 5.91 Å². The quantitative estimate of drug-likeness (QED) is 0.793. The first-order chi connectivity index (χ1) is 12.5. The number of carbonyl (C=O) groups excluding carboxylic acids is 2. The van der Waals surface area contributed by atoms with E-state index >= 15 is 0 Å². The molecule has 2 aromatic rings. The maximum atomic E-state index is 12.9. The zero-order valence-electron chi connectivity index (χ0n) is 14.1. The molecular weight excluding hydrogens is 421 g/mol. The first-order valence-corrected chi connectivity index (χ1v) is 9.94. The third-order valence-corrected chi connectivity index (χ3v) is 5.77. The molecule has 0 unspecified atom stereocenters. The highest BCUT2D eigenvalue weighted by Gasteiger charge is 2.22. The van der Waals surface area contributed by atoms with E-state index in [1.165, 1.54) is 35.6 Å². The van der Waals surface area contributed by atoms with Crippen molar-refractivity contribution in [1.29, 1.82) is 0 Å². The van der Waals surface area contributed by atoms with Crippen molar-refractivity contribution >= 4 is 44.8 Å². The topological polar surface area (TPSA) is 52.7 Å². The lowest BCUT2D eigenvalue weighted by Crippen LogP contribution is -2.37. The number of thiophene rings is 1. The zero-order valence-corrected chi connectivity index (χ0v) is 16.5. The summed E-state index contributed by atoms with van der Waals surface area (Å²) in [4.78, 5) is 29.3. The SMILES string of the molecule is O=C(CN1CCCN(C(=O)c2ccc(Br)s2)CC1)Nc1ccc(F)cc1. The van der Waals surface area contributed by atoms with Crippen molar-refractivity contribution in [3.05, 3.63) is 50.9 Å². The van der Waals surface area contributed by atoms with E-state index < -0.39 is 0 Å². The fraction of sp³-hybridized carbons (Fsp3) is 0.333. The largest absolute Gasteiger partial charge is 0.337 e. The molecule has 1 aliphatic rings. The number of hydrogen-bond acceptors (Lipinski definition) is 4. The van der Waals surface area contributed by atoms with Gasteiger partial charge in [-0.3, -0.25) is 14.5 Å². The van der Waals surface area contributed by atoms with Crippen molar-refractivity contribution in [1.82, 2.24) is 9.80 Å². The van der Waals surface area contributed by atoms with Gasteiger partial charge >= 0.3 is 0 Å². The summed E-state index contributed by atoms with van der Waals surface area (Å²) in [6.45, 7) is 2.94. The molecule has 1 fully saturated rings. The maximum Gasteiger partial charge on any atom is 0.264 e. The van der Waals surface area contributed by atoms with Crippen LogP contribution in [0.4, 0.5) is 10.1 Å². The Bertz CT molecular complexity index is 781. The highest BCUT2D eigenvalue weighted by molar-refractivity contribution is 9.11. The minimum absolute atomic E-state index is 0.0401. The van der Waals surface area contributed by atoms with Crippen molar-refractivity contribution in [2.75, 3.05) is 38.0 Å². The summed E-state index contributed by atoms with van der Waals surface area (Å²) >= 11 is 4.81. The Balaban J connectivity index is 1.51. The Morgan fingerprint density at radius 2 is 1.85 bits per heavy atom. The van der Waals surface area contributed by atoms with Crippen molar-refractivity contribution in [2.24, 2.45) is 0 Å². The predicted octanol–water partition coefficient (Wildman–Crippen LogP) is 3.44. The van der Waals surface area contributed by atoms with Crippen molar-refractivity contribution in [3.63, 3.8) is 0 Å². The van der Waals surface area contributed by atoms with E-state index in [-0.39, 0.29) is 24.2 Å². The van der Waals surface area contributed by atoms with Gasteiger partial charge in [0.25, 0.3) is 5.91 Å². The van der Waals surface area contributed by atoms with Crippen LogP contribution in [0.1, 0.15) is 16.1 Å². The number of nitrogens with zero attached hydrogens (tertiary/aromatic N) is 2. The van der Waals surface area contributed by atoms with E-state index in [9.17, 15) is 14.0 Å². The molecule has 0 bridgehead atoms. The van der Waals surface area contributed by atoms with Crippen molar-refractivity contribution < 1.29 is 14.0 Å². The summed E-state index contributed by atoms with van der Waals surface area (Å²) in [5.74, 6) is -0.435. The second-order valence-electron chi connectivity index (χ2n) is 6.08. The van der Waals surface area contributed by atoms with Crippen LogP contribution in [0.3, 0.4) is 0 Å². The summed E-state index contributed by atoms with van der Waals surface area (Å²) in [6, 6.07) is 9.41. The predicted molar refractivity (Wildman–Crippen MR) is 104 cm³/mol. The lowest BCUT2D eigenvalue weighted by Gasteiger charge is -2.21. The number of rotatable bonds is 4. The molecule has 5 nitrogen and oxygen atoms in total. The highest BCUT2D eigenvalue weighted by Crippen LogP contribution is 2.23. The number of amides is 2. The monoisotopic (exact) mass is 439 g/mol. The summed E-state index contributed by atoms with van der Waals surface area (Å²) in [6.07, 6.45) is 0.822. The molecule has 1 aliphatic heterocycles. The van der Waals surface area contributed by atoms with Gasteiger partial charge in [0, 0.05) is 31.9 Å². The van der Waals surface area contributed by atoms with Gasteiger partial charge in [-0.1, -0.05) is 0 Å². The number of nitrogens with one attached hydrogen (secondary N) is 1. The molecule has 2 amide bonds. The minimum Gasteiger partial charge on any atom is -0.337 e. The Morgan fingerprint density at radius 3 is 2.54 bits per heavy atom. The Kier molecular flexibility index (Phi) is 6.39. The number of anilines is 1. The molecular formula is C18H19BrFN3O2S. The van der Waals surface area contributed by atoms with Crippen LogP contribution in [0, 0.1) is 5.82 Å². The summed E-state index contributed by atoms with van der Waals surface area (Å²) < 4.78 is 13.9. The molecule has 1 aromatic carbocycles. The van der Waals surface area contributed by atoms with E-state index in [1.807, 2.05) is 21.9 Å². The highest BCUT2D eigenvalue weighted by atomic mass is 79.9. The van der Waals surface area contributed by atoms with E-state index in [0.717, 1.165) is 21.6 Å². The molecule has 0 spiro atoms. The number of halogens is 2. The molecule has 0 atom stereocenters. The van der Waals surface area contributed by atoms with E-state index in [4.69, 9.17) is 0 Å². The maximum absolute atomic E-state index is 12.9. The van der Waals surface area contributed by atoms with Crippen LogP contribution in [0.2, 0.25) is 0 Å². The van der Waals surface area contributed by atoms with Crippen molar-refractivity contribution in [3.8, 4) is 0 Å². The fourth-order valence-corrected chi connectivity index (χ4v) is 4.21. The zero-order chi connectivity index (χ0) is 18.5. The van der Waals surface area contributed by atoms with Gasteiger partial charge < -0.3 is 10.2 Å². The number of carbonyl (C=O) groups is 2. The molecule has 2 heterocycles. The molecule has 0 saturated carbocycles. The first kappa shape index (κ1) is 19.0. The molecule has 26 heavy (non-hydrogen) atoms. The molecule has 1 saturated heterocycles. The summed E-state index contributed by atoms with van der Waals surface area (Å²) in [7, 11) is 0. The van der Waals surface area contributed by atoms with Gasteiger partial charge in [0.05, 0.1) is 15.2 Å². The molecule has 138 valence electrons. The van der Waals surface area contributed by atoms with Gasteiger partial charge in [0.15, 0.2) is 0 Å². The van der Waals surface area contributed by atoms with Gasteiger partial charge in [-0.2, -0.15) is 0 Å². The molecule has 3 rings (SSSR count). The third kappa shape index (κ3) is 5.12. The van der Waals surface area contributed by atoms with Crippen LogP contribution in [0.5, 0.6) is 0 Å². The number of hydrogen-bond donors (Lipinski definition) is 1. The average molecular weight is 440 g/mol. The normalized spacial score (nSPS) is 15.5. The Morgan fingerprint density at radius 1 is 1.08 bits per heavy atom. The van der Waals surface area contributed by atoms with Crippen LogP contribution in [-0.4, -0.2) is 54.3 Å². The second-order valence-corrected chi connectivity index (χ2v) is 8.54. The number of benzene rings is 1. The first-order valence-electron chi connectivity index (χ1n) is 8.33. The molecule has 0 radical (unpaired) electrons. The van der Waals surface area contributed by atoms with Gasteiger partial charge in [-0.25, -0.2) is 4.39 Å². The second kappa shape index (κ2) is 8.75. The van der Waals surface area contributed by atoms with Crippen LogP contribution in [-0.2, 0) is 4.79 Å².